The maximum Gasteiger partial charge on any atom is 0.0831 e. The zero-order chi connectivity index (χ0) is 14.0. The number of benzene rings is 2. The molecular formula is C13H6Cl5N. The van der Waals surface area contributed by atoms with Gasteiger partial charge in [0.2, 0.25) is 0 Å². The van der Waals surface area contributed by atoms with Crippen LogP contribution in [0.4, 0.5) is 5.69 Å². The fourth-order valence-corrected chi connectivity index (χ4v) is 2.24. The van der Waals surface area contributed by atoms with Gasteiger partial charge in [0.1, 0.15) is 0 Å². The highest BCUT2D eigenvalue weighted by Crippen LogP contribution is 2.34. The first-order valence-corrected chi connectivity index (χ1v) is 7.00. The molecule has 0 aromatic heterocycles. The van der Waals surface area contributed by atoms with Crippen LogP contribution in [0.2, 0.25) is 25.1 Å². The topological polar surface area (TPSA) is 12.4 Å². The first-order valence-electron chi connectivity index (χ1n) is 5.11. The predicted octanol–water partition coefficient (Wildman–Crippen LogP) is 6.70. The standard InChI is InChI=1S/C13H6Cl5N/c14-8-2-1-7(3-9(8)15)6-19-13-5-11(17)10(16)4-12(13)18/h1-6H. The number of rotatable bonds is 2. The normalized spacial score (nSPS) is 11.2. The molecule has 0 heterocycles. The molecule has 0 radical (unpaired) electrons. The van der Waals surface area contributed by atoms with Gasteiger partial charge in [-0.2, -0.15) is 0 Å². The molecule has 6 heteroatoms. The van der Waals surface area contributed by atoms with Crippen molar-refractivity contribution in [3.05, 3.63) is 61.0 Å². The Labute approximate surface area is 135 Å². The van der Waals surface area contributed by atoms with Crippen LogP contribution in [0, 0.1) is 0 Å². The average Bonchev–Trinajstić information content (AvgIpc) is 2.36. The highest BCUT2D eigenvalue weighted by Gasteiger charge is 2.04. The fraction of sp³-hybridized carbons (Fsp3) is 0. The highest BCUT2D eigenvalue weighted by atomic mass is 35.5. The third-order valence-corrected chi connectivity index (χ3v) is 4.05. The van der Waals surface area contributed by atoms with E-state index in [1.54, 1.807) is 36.5 Å². The fourth-order valence-electron chi connectivity index (χ4n) is 1.35. The van der Waals surface area contributed by atoms with Crippen molar-refractivity contribution >= 4 is 69.9 Å². The van der Waals surface area contributed by atoms with Crippen LogP contribution in [0.25, 0.3) is 0 Å². The zero-order valence-corrected chi connectivity index (χ0v) is 13.1. The molecule has 98 valence electrons. The molecular weight excluding hydrogens is 347 g/mol. The van der Waals surface area contributed by atoms with E-state index >= 15 is 0 Å². The molecule has 0 aliphatic carbocycles. The summed E-state index contributed by atoms with van der Waals surface area (Å²) < 4.78 is 0. The first kappa shape index (κ1) is 15.0. The van der Waals surface area contributed by atoms with Crippen LogP contribution in [0.15, 0.2) is 35.3 Å². The van der Waals surface area contributed by atoms with E-state index < -0.39 is 0 Å². The van der Waals surface area contributed by atoms with Crippen molar-refractivity contribution in [2.45, 2.75) is 0 Å². The number of hydrogen-bond donors (Lipinski definition) is 0. The molecule has 0 spiro atoms. The summed E-state index contributed by atoms with van der Waals surface area (Å²) in [6.45, 7) is 0. The van der Waals surface area contributed by atoms with Crippen molar-refractivity contribution in [3.63, 3.8) is 0 Å². The molecule has 0 N–H and O–H groups in total. The van der Waals surface area contributed by atoms with Gasteiger partial charge in [-0.05, 0) is 29.8 Å². The van der Waals surface area contributed by atoms with Crippen molar-refractivity contribution in [1.29, 1.82) is 0 Å². The first-order chi connectivity index (χ1) is 8.97. The van der Waals surface area contributed by atoms with E-state index in [1.807, 2.05) is 0 Å². The van der Waals surface area contributed by atoms with Gasteiger partial charge in [0.05, 0.1) is 30.8 Å². The molecule has 0 aliphatic heterocycles. The molecule has 0 unspecified atom stereocenters. The van der Waals surface area contributed by atoms with E-state index in [0.717, 1.165) is 5.56 Å². The summed E-state index contributed by atoms with van der Waals surface area (Å²) in [6.07, 6.45) is 1.62. The van der Waals surface area contributed by atoms with Crippen molar-refractivity contribution in [3.8, 4) is 0 Å². The predicted molar refractivity (Wildman–Crippen MR) is 85.2 cm³/mol. The van der Waals surface area contributed by atoms with Crippen LogP contribution < -0.4 is 0 Å². The largest absolute Gasteiger partial charge is 0.255 e. The molecule has 0 saturated carbocycles. The maximum absolute atomic E-state index is 6.02. The Bertz CT molecular complexity index is 652. The molecule has 2 aromatic carbocycles. The number of hydrogen-bond acceptors (Lipinski definition) is 1. The molecule has 2 aromatic rings. The van der Waals surface area contributed by atoms with Gasteiger partial charge in [0.15, 0.2) is 0 Å². The van der Waals surface area contributed by atoms with E-state index in [4.69, 9.17) is 58.0 Å². The van der Waals surface area contributed by atoms with Crippen LogP contribution in [-0.2, 0) is 0 Å². The summed E-state index contributed by atoms with van der Waals surface area (Å²) in [5, 5.41) is 2.16. The van der Waals surface area contributed by atoms with E-state index in [2.05, 4.69) is 4.99 Å². The summed E-state index contributed by atoms with van der Waals surface area (Å²) in [7, 11) is 0. The molecule has 1 nitrogen and oxygen atoms in total. The minimum atomic E-state index is 0.389. The lowest BCUT2D eigenvalue weighted by Crippen LogP contribution is -1.81. The number of nitrogens with zero attached hydrogens (tertiary/aromatic N) is 1. The van der Waals surface area contributed by atoms with Gasteiger partial charge in [-0.15, -0.1) is 0 Å². The lowest BCUT2D eigenvalue weighted by molar-refractivity contribution is 1.52. The van der Waals surface area contributed by atoms with Crippen molar-refractivity contribution < 1.29 is 0 Å². The van der Waals surface area contributed by atoms with Crippen LogP contribution in [0.5, 0.6) is 0 Å². The highest BCUT2D eigenvalue weighted by molar-refractivity contribution is 6.44. The van der Waals surface area contributed by atoms with Gasteiger partial charge >= 0.3 is 0 Å². The smallest absolute Gasteiger partial charge is 0.0831 e. The van der Waals surface area contributed by atoms with E-state index in [9.17, 15) is 0 Å². The lowest BCUT2D eigenvalue weighted by Gasteiger charge is -2.02. The van der Waals surface area contributed by atoms with Crippen LogP contribution in [0.3, 0.4) is 0 Å². The number of aliphatic imine (C=N–C) groups is 1. The van der Waals surface area contributed by atoms with Crippen LogP contribution >= 0.6 is 58.0 Å². The molecule has 19 heavy (non-hydrogen) atoms. The Hall–Kier alpha value is -0.440. The summed E-state index contributed by atoms with van der Waals surface area (Å²) >= 11 is 29.5. The summed E-state index contributed by atoms with van der Waals surface area (Å²) in [6, 6.07) is 8.34. The van der Waals surface area contributed by atoms with Crippen molar-refractivity contribution in [2.75, 3.05) is 0 Å². The minimum Gasteiger partial charge on any atom is -0.255 e. The Morgan fingerprint density at radius 2 is 1.32 bits per heavy atom. The molecule has 0 saturated heterocycles. The van der Waals surface area contributed by atoms with Gasteiger partial charge < -0.3 is 0 Å². The Kier molecular flexibility index (Phi) is 4.99. The van der Waals surface area contributed by atoms with Gasteiger partial charge in [0.25, 0.3) is 0 Å². The van der Waals surface area contributed by atoms with Gasteiger partial charge in [-0.25, -0.2) is 0 Å². The molecule has 0 amide bonds. The van der Waals surface area contributed by atoms with Crippen LogP contribution in [0.1, 0.15) is 5.56 Å². The second kappa shape index (κ2) is 6.34. The maximum atomic E-state index is 6.02. The third-order valence-electron chi connectivity index (χ3n) is 2.29. The summed E-state index contributed by atoms with van der Waals surface area (Å²) in [5.41, 5.74) is 1.33. The van der Waals surface area contributed by atoms with Gasteiger partial charge in [-0.3, -0.25) is 4.99 Å². The second-order valence-corrected chi connectivity index (χ2v) is 5.69. The Morgan fingerprint density at radius 3 is 2.00 bits per heavy atom. The zero-order valence-electron chi connectivity index (χ0n) is 9.30. The van der Waals surface area contributed by atoms with E-state index in [1.165, 1.54) is 0 Å². The van der Waals surface area contributed by atoms with Crippen LogP contribution in [-0.4, -0.2) is 6.21 Å². The van der Waals surface area contributed by atoms with Crippen molar-refractivity contribution in [1.82, 2.24) is 0 Å². The Balaban J connectivity index is 2.32. The molecule has 0 atom stereocenters. The van der Waals surface area contributed by atoms with Gasteiger partial charge in [-0.1, -0.05) is 64.1 Å². The third kappa shape index (κ3) is 3.77. The molecule has 0 bridgehead atoms. The molecule has 2 rings (SSSR count). The summed E-state index contributed by atoms with van der Waals surface area (Å²) in [4.78, 5) is 4.25. The Morgan fingerprint density at radius 1 is 0.684 bits per heavy atom. The van der Waals surface area contributed by atoms with E-state index in [-0.39, 0.29) is 0 Å². The minimum absolute atomic E-state index is 0.389. The molecule has 0 aliphatic rings. The molecule has 0 fully saturated rings. The monoisotopic (exact) mass is 351 g/mol. The summed E-state index contributed by atoms with van der Waals surface area (Å²) in [5.74, 6) is 0. The number of halogens is 5. The van der Waals surface area contributed by atoms with Gasteiger partial charge in [0, 0.05) is 6.21 Å². The lowest BCUT2D eigenvalue weighted by atomic mass is 10.2. The SMILES string of the molecule is Clc1ccc(C=Nc2cc(Cl)c(Cl)cc2Cl)cc1Cl. The van der Waals surface area contributed by atoms with E-state index in [0.29, 0.717) is 30.8 Å². The average molecular weight is 353 g/mol. The van der Waals surface area contributed by atoms with Crippen molar-refractivity contribution in [2.24, 2.45) is 4.99 Å². The quantitative estimate of drug-likeness (QED) is 0.420. The second-order valence-electron chi connectivity index (χ2n) is 3.65.